The Balaban J connectivity index is 2.39. The predicted octanol–water partition coefficient (Wildman–Crippen LogP) is 4.53. The van der Waals surface area contributed by atoms with Crippen molar-refractivity contribution in [1.29, 1.82) is 5.26 Å². The molecule has 0 aliphatic carbocycles. The van der Waals surface area contributed by atoms with Crippen LogP contribution in [-0.4, -0.2) is 19.9 Å². The highest BCUT2D eigenvalue weighted by molar-refractivity contribution is 14.1. The van der Waals surface area contributed by atoms with Gasteiger partial charge < -0.3 is 13.9 Å². The average molecular weight is 424 g/mol. The number of nitriles is 1. The number of rotatable bonds is 5. The minimum atomic E-state index is 0.324. The lowest BCUT2D eigenvalue weighted by Crippen LogP contribution is -1.99. The van der Waals surface area contributed by atoms with Gasteiger partial charge in [0.05, 0.1) is 17.3 Å². The van der Waals surface area contributed by atoms with Gasteiger partial charge in [-0.2, -0.15) is 5.26 Å². The number of aliphatic imine (C=N–C) groups is 1. The molecule has 23 heavy (non-hydrogen) atoms. The Bertz CT molecular complexity index is 788. The van der Waals surface area contributed by atoms with Gasteiger partial charge in [-0.15, -0.1) is 0 Å². The molecular weight excluding hydrogens is 407 g/mol. The third-order valence-electron chi connectivity index (χ3n) is 3.35. The molecule has 0 bridgehead atoms. The Labute approximate surface area is 149 Å². The molecule has 120 valence electrons. The highest BCUT2D eigenvalue weighted by atomic mass is 127. The number of furan rings is 1. The topological polar surface area (TPSA) is 67.8 Å². The molecule has 0 N–H and O–H groups in total. The van der Waals surface area contributed by atoms with Gasteiger partial charge >= 0.3 is 0 Å². The number of ether oxygens (including phenoxy) is 2. The van der Waals surface area contributed by atoms with Crippen molar-refractivity contribution < 1.29 is 13.9 Å². The molecule has 1 aromatic carbocycles. The van der Waals surface area contributed by atoms with Gasteiger partial charge in [-0.05, 0) is 61.1 Å². The van der Waals surface area contributed by atoms with Crippen LogP contribution < -0.4 is 9.47 Å². The Morgan fingerprint density at radius 3 is 2.74 bits per heavy atom. The van der Waals surface area contributed by atoms with E-state index in [0.717, 1.165) is 20.4 Å². The van der Waals surface area contributed by atoms with Crippen molar-refractivity contribution in [2.45, 2.75) is 20.8 Å². The van der Waals surface area contributed by atoms with Crippen molar-refractivity contribution in [2.24, 2.45) is 4.99 Å². The molecule has 2 rings (SSSR count). The summed E-state index contributed by atoms with van der Waals surface area (Å²) in [7, 11) is 1.60. The summed E-state index contributed by atoms with van der Waals surface area (Å²) < 4.78 is 17.4. The minimum absolute atomic E-state index is 0.324. The monoisotopic (exact) mass is 424 g/mol. The van der Waals surface area contributed by atoms with Crippen LogP contribution in [0.1, 0.15) is 29.4 Å². The Kier molecular flexibility index (Phi) is 5.66. The van der Waals surface area contributed by atoms with E-state index in [-0.39, 0.29) is 0 Å². The molecule has 0 spiro atoms. The number of benzene rings is 1. The van der Waals surface area contributed by atoms with Crippen LogP contribution in [0, 0.1) is 28.7 Å². The normalized spacial score (nSPS) is 10.8. The number of halogens is 1. The Morgan fingerprint density at radius 2 is 2.13 bits per heavy atom. The van der Waals surface area contributed by atoms with Crippen LogP contribution in [0.3, 0.4) is 0 Å². The molecule has 0 amide bonds. The first-order valence-corrected chi connectivity index (χ1v) is 8.14. The lowest BCUT2D eigenvalue weighted by Gasteiger charge is -2.11. The van der Waals surface area contributed by atoms with Crippen LogP contribution in [0.2, 0.25) is 0 Å². The average Bonchev–Trinajstić information content (AvgIpc) is 2.81. The number of hydrogen-bond donors (Lipinski definition) is 0. The van der Waals surface area contributed by atoms with E-state index < -0.39 is 0 Å². The van der Waals surface area contributed by atoms with Crippen LogP contribution in [0.4, 0.5) is 5.88 Å². The molecule has 6 heteroatoms. The number of methoxy groups -OCH3 is 1. The summed E-state index contributed by atoms with van der Waals surface area (Å²) in [6.45, 7) is 6.16. The molecule has 0 radical (unpaired) electrons. The molecule has 0 fully saturated rings. The zero-order valence-electron chi connectivity index (χ0n) is 13.4. The van der Waals surface area contributed by atoms with E-state index in [1.807, 2.05) is 32.9 Å². The van der Waals surface area contributed by atoms with Gasteiger partial charge in [0.15, 0.2) is 11.5 Å². The molecule has 0 atom stereocenters. The van der Waals surface area contributed by atoms with E-state index in [1.165, 1.54) is 0 Å². The zero-order valence-corrected chi connectivity index (χ0v) is 15.6. The smallest absolute Gasteiger partial charge is 0.237 e. The van der Waals surface area contributed by atoms with Crippen LogP contribution >= 0.6 is 22.6 Å². The molecule has 2 aromatic rings. The molecule has 0 saturated heterocycles. The van der Waals surface area contributed by atoms with Gasteiger partial charge in [0.1, 0.15) is 17.4 Å². The second-order valence-electron chi connectivity index (χ2n) is 4.80. The van der Waals surface area contributed by atoms with Gasteiger partial charge in [-0.3, -0.25) is 0 Å². The maximum atomic E-state index is 9.21. The number of hydrogen-bond acceptors (Lipinski definition) is 5. The number of aryl methyl sites for hydroxylation is 1. The molecule has 0 aliphatic heterocycles. The second kappa shape index (κ2) is 7.51. The Hall–Kier alpha value is -2.01. The molecule has 0 unspecified atom stereocenters. The van der Waals surface area contributed by atoms with E-state index in [1.54, 1.807) is 13.3 Å². The van der Waals surface area contributed by atoms with Gasteiger partial charge in [-0.1, -0.05) is 0 Å². The fraction of sp³-hybridized carbons (Fsp3) is 0.294. The number of nitrogens with zero attached hydrogens (tertiary/aromatic N) is 2. The van der Waals surface area contributed by atoms with Crippen molar-refractivity contribution in [3.8, 4) is 17.6 Å². The molecule has 5 nitrogen and oxygen atoms in total. The third-order valence-corrected chi connectivity index (χ3v) is 4.15. The maximum absolute atomic E-state index is 9.21. The molecular formula is C17H17IN2O3. The first-order chi connectivity index (χ1) is 11.0. The van der Waals surface area contributed by atoms with Gasteiger partial charge in [0.25, 0.3) is 0 Å². The largest absolute Gasteiger partial charge is 0.493 e. The summed E-state index contributed by atoms with van der Waals surface area (Å²) >= 11 is 2.19. The van der Waals surface area contributed by atoms with E-state index in [9.17, 15) is 5.26 Å². The lowest BCUT2D eigenvalue weighted by molar-refractivity contribution is 0.308. The lowest BCUT2D eigenvalue weighted by atomic mass is 10.2. The first-order valence-electron chi connectivity index (χ1n) is 7.06. The first kappa shape index (κ1) is 17.3. The SMILES string of the molecule is CCOc1c(I)cc(C=Nc2oc(C)c(C)c2C#N)cc1OC. The summed E-state index contributed by atoms with van der Waals surface area (Å²) in [4.78, 5) is 4.31. The summed E-state index contributed by atoms with van der Waals surface area (Å²) in [5.74, 6) is 2.39. The van der Waals surface area contributed by atoms with Gasteiger partial charge in [0, 0.05) is 11.8 Å². The standard InChI is InChI=1S/C17H17IN2O3/c1-5-22-16-14(18)6-12(7-15(16)21-4)9-20-17-13(8-19)10(2)11(3)23-17/h6-7,9H,5H2,1-4H3. The summed E-state index contributed by atoms with van der Waals surface area (Å²) in [5.41, 5.74) is 2.12. The van der Waals surface area contributed by atoms with Crippen molar-refractivity contribution in [1.82, 2.24) is 0 Å². The minimum Gasteiger partial charge on any atom is -0.493 e. The summed E-state index contributed by atoms with van der Waals surface area (Å²) in [6, 6.07) is 5.90. The van der Waals surface area contributed by atoms with E-state index in [4.69, 9.17) is 13.9 Å². The molecule has 1 heterocycles. The fourth-order valence-electron chi connectivity index (χ4n) is 2.06. The third kappa shape index (κ3) is 3.67. The van der Waals surface area contributed by atoms with Gasteiger partial charge in [-0.25, -0.2) is 4.99 Å². The fourth-order valence-corrected chi connectivity index (χ4v) is 2.84. The van der Waals surface area contributed by atoms with Crippen molar-refractivity contribution in [3.63, 3.8) is 0 Å². The van der Waals surface area contributed by atoms with Crippen LogP contribution in [-0.2, 0) is 0 Å². The maximum Gasteiger partial charge on any atom is 0.237 e. The van der Waals surface area contributed by atoms with Gasteiger partial charge in [0.2, 0.25) is 5.88 Å². The van der Waals surface area contributed by atoms with Crippen molar-refractivity contribution >= 4 is 34.7 Å². The van der Waals surface area contributed by atoms with Crippen molar-refractivity contribution in [3.05, 3.63) is 38.2 Å². The van der Waals surface area contributed by atoms with E-state index in [2.05, 4.69) is 33.7 Å². The van der Waals surface area contributed by atoms with Crippen molar-refractivity contribution in [2.75, 3.05) is 13.7 Å². The molecule has 1 aromatic heterocycles. The van der Waals surface area contributed by atoms with E-state index >= 15 is 0 Å². The Morgan fingerprint density at radius 1 is 1.39 bits per heavy atom. The highest BCUT2D eigenvalue weighted by Crippen LogP contribution is 2.34. The zero-order chi connectivity index (χ0) is 17.0. The van der Waals surface area contributed by atoms with E-state index in [0.29, 0.717) is 29.6 Å². The summed E-state index contributed by atoms with van der Waals surface area (Å²) in [6.07, 6.45) is 1.65. The molecule has 0 saturated carbocycles. The molecule has 0 aliphatic rings. The van der Waals surface area contributed by atoms with Crippen LogP contribution in [0.15, 0.2) is 21.5 Å². The predicted molar refractivity (Wildman–Crippen MR) is 97.0 cm³/mol. The second-order valence-corrected chi connectivity index (χ2v) is 5.96. The highest BCUT2D eigenvalue weighted by Gasteiger charge is 2.14. The summed E-state index contributed by atoms with van der Waals surface area (Å²) in [5, 5.41) is 9.21. The van der Waals surface area contributed by atoms with Crippen LogP contribution in [0.5, 0.6) is 11.5 Å². The van der Waals surface area contributed by atoms with Crippen LogP contribution in [0.25, 0.3) is 0 Å². The quantitative estimate of drug-likeness (QED) is 0.523.